The molecule has 4 heteroatoms. The summed E-state index contributed by atoms with van der Waals surface area (Å²) >= 11 is 0. The van der Waals surface area contributed by atoms with E-state index < -0.39 is 11.1 Å². The number of hydrogen-bond donors (Lipinski definition) is 1. The molecule has 1 fully saturated rings. The zero-order valence-corrected chi connectivity index (χ0v) is 12.1. The first kappa shape index (κ1) is 14.2. The number of carbonyl (C=O) groups excluding carboxylic acids is 1. The number of rotatable bonds is 2. The second-order valence-corrected chi connectivity index (χ2v) is 6.64. The third kappa shape index (κ3) is 2.69. The van der Waals surface area contributed by atoms with Crippen LogP contribution in [-0.4, -0.2) is 32.1 Å². The maximum atomic E-state index is 12.6. The molecule has 0 aliphatic carbocycles. The smallest absolute Gasteiger partial charge is 0.166 e. The summed E-state index contributed by atoms with van der Waals surface area (Å²) in [6.07, 6.45) is 4.61. The Kier molecular flexibility index (Phi) is 3.49. The van der Waals surface area contributed by atoms with Crippen LogP contribution >= 0.6 is 0 Å². The molecule has 1 N–H and O–H groups in total. The molecule has 104 valence electrons. The number of ketones is 1. The molecule has 0 bridgehead atoms. The Bertz CT molecular complexity index is 450. The molecule has 1 aliphatic heterocycles. The molecule has 0 aromatic carbocycles. The number of nitrogens with zero attached hydrogens (tertiary/aromatic N) is 2. The molecule has 0 saturated carbocycles. The molecule has 0 atom stereocenters. The molecule has 2 rings (SSSR count). The Hall–Kier alpha value is -1.26. The van der Waals surface area contributed by atoms with Crippen molar-refractivity contribution in [1.29, 1.82) is 0 Å². The summed E-state index contributed by atoms with van der Waals surface area (Å²) in [6.45, 7) is 7.89. The minimum Gasteiger partial charge on any atom is -0.313 e. The minimum atomic E-state index is -0.394. The van der Waals surface area contributed by atoms with Gasteiger partial charge in [0.05, 0.1) is 0 Å². The highest BCUT2D eigenvalue weighted by Crippen LogP contribution is 2.40. The third-order valence-electron chi connectivity index (χ3n) is 3.97. The molecule has 0 unspecified atom stereocenters. The van der Waals surface area contributed by atoms with Crippen molar-refractivity contribution in [3.05, 3.63) is 30.1 Å². The number of piperidine rings is 1. The summed E-state index contributed by atoms with van der Waals surface area (Å²) in [6, 6.07) is 3.52. The fraction of sp³-hybridized carbons (Fsp3) is 0.600. The lowest BCUT2D eigenvalue weighted by atomic mass is 9.73. The Morgan fingerprint density at radius 3 is 2.16 bits per heavy atom. The molecular formula is C15H22N2O2. The van der Waals surface area contributed by atoms with Crippen molar-refractivity contribution >= 4 is 5.78 Å². The fourth-order valence-electron chi connectivity index (χ4n) is 3.21. The largest absolute Gasteiger partial charge is 0.313 e. The van der Waals surface area contributed by atoms with E-state index in [0.717, 1.165) is 0 Å². The van der Waals surface area contributed by atoms with E-state index in [4.69, 9.17) is 0 Å². The first-order valence-corrected chi connectivity index (χ1v) is 6.67. The van der Waals surface area contributed by atoms with E-state index in [0.29, 0.717) is 18.4 Å². The molecule has 2 heterocycles. The van der Waals surface area contributed by atoms with Crippen LogP contribution in [0.1, 0.15) is 50.9 Å². The maximum absolute atomic E-state index is 12.6. The van der Waals surface area contributed by atoms with E-state index in [-0.39, 0.29) is 11.7 Å². The van der Waals surface area contributed by atoms with Crippen LogP contribution in [0.4, 0.5) is 0 Å². The molecule has 1 saturated heterocycles. The topological polar surface area (TPSA) is 53.4 Å². The van der Waals surface area contributed by atoms with Gasteiger partial charge in [0.15, 0.2) is 5.78 Å². The molecule has 0 radical (unpaired) electrons. The Balaban J connectivity index is 2.25. The first-order chi connectivity index (χ1) is 8.74. The fourth-order valence-corrected chi connectivity index (χ4v) is 3.21. The lowest BCUT2D eigenvalue weighted by Crippen LogP contribution is -2.59. The first-order valence-electron chi connectivity index (χ1n) is 6.67. The quantitative estimate of drug-likeness (QED) is 0.833. The highest BCUT2D eigenvalue weighted by Gasteiger charge is 2.46. The Morgan fingerprint density at radius 1 is 1.21 bits per heavy atom. The van der Waals surface area contributed by atoms with Crippen molar-refractivity contribution in [2.24, 2.45) is 5.92 Å². The predicted molar refractivity (Wildman–Crippen MR) is 73.1 cm³/mol. The number of hydroxylamine groups is 2. The van der Waals surface area contributed by atoms with Gasteiger partial charge in [-0.1, -0.05) is 0 Å². The Labute approximate surface area is 114 Å². The highest BCUT2D eigenvalue weighted by atomic mass is 16.5. The van der Waals surface area contributed by atoms with Gasteiger partial charge in [-0.25, -0.2) is 0 Å². The van der Waals surface area contributed by atoms with E-state index >= 15 is 0 Å². The molecule has 1 aromatic rings. The van der Waals surface area contributed by atoms with Gasteiger partial charge >= 0.3 is 0 Å². The van der Waals surface area contributed by atoms with E-state index in [1.54, 1.807) is 24.5 Å². The predicted octanol–water partition coefficient (Wildman–Crippen LogP) is 2.92. The van der Waals surface area contributed by atoms with E-state index in [1.165, 1.54) is 5.06 Å². The van der Waals surface area contributed by atoms with Crippen LogP contribution < -0.4 is 0 Å². The molecule has 1 aliphatic rings. The molecule has 4 nitrogen and oxygen atoms in total. The Morgan fingerprint density at radius 2 is 1.68 bits per heavy atom. The lowest BCUT2D eigenvalue weighted by Gasteiger charge is -2.51. The van der Waals surface area contributed by atoms with Gasteiger partial charge in [-0.3, -0.25) is 9.78 Å². The van der Waals surface area contributed by atoms with Crippen molar-refractivity contribution in [2.75, 3.05) is 0 Å². The number of aromatic nitrogens is 1. The zero-order valence-electron chi connectivity index (χ0n) is 12.1. The summed E-state index contributed by atoms with van der Waals surface area (Å²) in [5, 5.41) is 11.6. The van der Waals surface area contributed by atoms with Crippen LogP contribution in [0.25, 0.3) is 0 Å². The number of pyridine rings is 1. The number of hydrogen-bond acceptors (Lipinski definition) is 4. The lowest BCUT2D eigenvalue weighted by molar-refractivity contribution is -0.247. The van der Waals surface area contributed by atoms with E-state index in [2.05, 4.69) is 4.98 Å². The third-order valence-corrected chi connectivity index (χ3v) is 3.97. The van der Waals surface area contributed by atoms with Crippen LogP contribution in [0.3, 0.4) is 0 Å². The van der Waals surface area contributed by atoms with Crippen molar-refractivity contribution in [3.8, 4) is 0 Å². The molecule has 19 heavy (non-hydrogen) atoms. The van der Waals surface area contributed by atoms with Gasteiger partial charge in [0.1, 0.15) is 0 Å². The molecule has 0 spiro atoms. The highest BCUT2D eigenvalue weighted by molar-refractivity contribution is 5.97. The van der Waals surface area contributed by atoms with Gasteiger partial charge < -0.3 is 5.21 Å². The summed E-state index contributed by atoms with van der Waals surface area (Å²) in [7, 11) is 0. The maximum Gasteiger partial charge on any atom is 0.166 e. The normalized spacial score (nSPS) is 23.2. The average molecular weight is 262 g/mol. The van der Waals surface area contributed by atoms with Crippen molar-refractivity contribution in [3.63, 3.8) is 0 Å². The van der Waals surface area contributed by atoms with Crippen LogP contribution in [0, 0.1) is 5.92 Å². The summed E-state index contributed by atoms with van der Waals surface area (Å²) in [5.74, 6) is 0.0902. The molecule has 0 amide bonds. The van der Waals surface area contributed by atoms with Gasteiger partial charge in [0, 0.05) is 35.0 Å². The van der Waals surface area contributed by atoms with Gasteiger partial charge in [0.25, 0.3) is 0 Å². The van der Waals surface area contributed by atoms with Crippen molar-refractivity contribution in [1.82, 2.24) is 10.0 Å². The van der Waals surface area contributed by atoms with Gasteiger partial charge in [-0.2, -0.15) is 5.06 Å². The zero-order chi connectivity index (χ0) is 14.3. The van der Waals surface area contributed by atoms with Gasteiger partial charge in [0.2, 0.25) is 0 Å². The van der Waals surface area contributed by atoms with Crippen LogP contribution in [0.5, 0.6) is 0 Å². The van der Waals surface area contributed by atoms with Crippen LogP contribution in [0.2, 0.25) is 0 Å². The monoisotopic (exact) mass is 262 g/mol. The second-order valence-electron chi connectivity index (χ2n) is 6.64. The van der Waals surface area contributed by atoms with Gasteiger partial charge in [-0.05, 0) is 52.7 Å². The van der Waals surface area contributed by atoms with E-state index in [1.807, 2.05) is 27.7 Å². The molecular weight excluding hydrogens is 240 g/mol. The van der Waals surface area contributed by atoms with Crippen molar-refractivity contribution in [2.45, 2.75) is 51.6 Å². The van der Waals surface area contributed by atoms with Crippen molar-refractivity contribution < 1.29 is 10.0 Å². The number of carbonyl (C=O) groups is 1. The van der Waals surface area contributed by atoms with E-state index in [9.17, 15) is 10.0 Å². The second kappa shape index (κ2) is 4.69. The summed E-state index contributed by atoms with van der Waals surface area (Å²) < 4.78 is 0. The standard InChI is InChI=1S/C15H22N2O2/c1-14(2)9-12(10-15(3,4)17(14)19)13(18)11-5-7-16-8-6-11/h5-8,12,19H,9-10H2,1-4H3. The summed E-state index contributed by atoms with van der Waals surface area (Å²) in [4.78, 5) is 16.5. The number of Topliss-reactive ketones (excluding diaryl/α,β-unsaturated/α-hetero) is 1. The SMILES string of the molecule is CC1(C)CC(C(=O)c2ccncc2)CC(C)(C)N1O. The molecule has 1 aromatic heterocycles. The van der Waals surface area contributed by atoms with Gasteiger partial charge in [-0.15, -0.1) is 0 Å². The minimum absolute atomic E-state index is 0.0594. The van der Waals surface area contributed by atoms with Crippen LogP contribution in [0.15, 0.2) is 24.5 Å². The van der Waals surface area contributed by atoms with Crippen LogP contribution in [-0.2, 0) is 0 Å². The summed E-state index contributed by atoms with van der Waals surface area (Å²) in [5.41, 5.74) is -0.0810. The average Bonchev–Trinajstić information content (AvgIpc) is 2.35.